The van der Waals surface area contributed by atoms with Crippen molar-refractivity contribution >= 4 is 12.0 Å². The van der Waals surface area contributed by atoms with Gasteiger partial charge in [-0.3, -0.25) is 0 Å². The van der Waals surface area contributed by atoms with Crippen LogP contribution in [-0.4, -0.2) is 41.6 Å². The predicted octanol–water partition coefficient (Wildman–Crippen LogP) is 1.54. The number of carbonyl (C=O) groups is 2. The van der Waals surface area contributed by atoms with Crippen molar-refractivity contribution in [3.05, 3.63) is 0 Å². The second kappa shape index (κ2) is 5.89. The third-order valence-electron chi connectivity index (χ3n) is 3.03. The van der Waals surface area contributed by atoms with Gasteiger partial charge in [-0.25, -0.2) is 9.59 Å². The lowest BCUT2D eigenvalue weighted by Crippen LogP contribution is -2.48. The van der Waals surface area contributed by atoms with E-state index in [-0.39, 0.29) is 11.9 Å². The van der Waals surface area contributed by atoms with E-state index in [9.17, 15) is 9.59 Å². The van der Waals surface area contributed by atoms with Crippen LogP contribution in [0.4, 0.5) is 4.79 Å². The fourth-order valence-electron chi connectivity index (χ4n) is 1.61. The van der Waals surface area contributed by atoms with E-state index in [0.29, 0.717) is 12.5 Å². The Kier molecular flexibility index (Phi) is 4.78. The zero-order chi connectivity index (χ0) is 13.0. The minimum atomic E-state index is -0.932. The van der Waals surface area contributed by atoms with Crippen molar-refractivity contribution in [2.24, 2.45) is 11.8 Å². The Morgan fingerprint density at radius 3 is 2.41 bits per heavy atom. The Morgan fingerprint density at radius 1 is 1.41 bits per heavy atom. The highest BCUT2D eigenvalue weighted by Gasteiger charge is 2.37. The van der Waals surface area contributed by atoms with Gasteiger partial charge in [0.15, 0.2) is 0 Å². The number of hydrogen-bond donors (Lipinski definition) is 2. The van der Waals surface area contributed by atoms with Crippen LogP contribution in [0.1, 0.15) is 33.1 Å². The van der Waals surface area contributed by atoms with Crippen molar-refractivity contribution in [1.82, 2.24) is 10.2 Å². The van der Waals surface area contributed by atoms with E-state index in [0.717, 1.165) is 19.3 Å². The molecule has 0 radical (unpaired) electrons. The summed E-state index contributed by atoms with van der Waals surface area (Å²) in [6.45, 7) is 4.84. The lowest BCUT2D eigenvalue weighted by Gasteiger charge is -2.22. The summed E-state index contributed by atoms with van der Waals surface area (Å²) in [6.07, 6.45) is 2.71. The summed E-state index contributed by atoms with van der Waals surface area (Å²) in [6, 6.07) is -1.01. The third-order valence-corrected chi connectivity index (χ3v) is 3.03. The van der Waals surface area contributed by atoms with E-state index >= 15 is 0 Å². The van der Waals surface area contributed by atoms with Gasteiger partial charge in [-0.2, -0.15) is 0 Å². The summed E-state index contributed by atoms with van der Waals surface area (Å²) in [7, 11) is 1.70. The van der Waals surface area contributed by atoms with Crippen LogP contribution < -0.4 is 5.32 Å². The Balaban J connectivity index is 2.38. The summed E-state index contributed by atoms with van der Waals surface area (Å²) in [5, 5.41) is 11.6. The molecule has 1 fully saturated rings. The Bertz CT molecular complexity index is 287. The molecule has 0 aromatic heterocycles. The molecule has 1 aliphatic carbocycles. The lowest BCUT2D eigenvalue weighted by atomic mass is 10.1. The van der Waals surface area contributed by atoms with Crippen LogP contribution in [0.5, 0.6) is 0 Å². The molecular weight excluding hydrogens is 220 g/mol. The predicted molar refractivity (Wildman–Crippen MR) is 64.8 cm³/mol. The molecular formula is C12H22N2O3. The molecule has 98 valence electrons. The number of rotatable bonds is 6. The molecule has 1 atom stereocenters. The first-order chi connectivity index (χ1) is 7.91. The quantitative estimate of drug-likeness (QED) is 0.742. The van der Waals surface area contributed by atoms with Gasteiger partial charge < -0.3 is 15.3 Å². The Labute approximate surface area is 102 Å². The summed E-state index contributed by atoms with van der Waals surface area (Å²) in [5.41, 5.74) is 0. The molecule has 2 N–H and O–H groups in total. The molecule has 1 saturated carbocycles. The number of aliphatic carboxylic acids is 1. The molecule has 0 aromatic carbocycles. The van der Waals surface area contributed by atoms with E-state index < -0.39 is 12.0 Å². The molecule has 0 bridgehead atoms. The van der Waals surface area contributed by atoms with Crippen molar-refractivity contribution in [2.45, 2.75) is 39.2 Å². The molecule has 1 unspecified atom stereocenters. The van der Waals surface area contributed by atoms with Gasteiger partial charge in [-0.15, -0.1) is 0 Å². The lowest BCUT2D eigenvalue weighted by molar-refractivity contribution is -0.139. The van der Waals surface area contributed by atoms with E-state index in [4.69, 9.17) is 5.11 Å². The fraction of sp³-hybridized carbons (Fsp3) is 0.833. The number of carboxylic acids is 1. The molecule has 0 heterocycles. The van der Waals surface area contributed by atoms with Crippen LogP contribution >= 0.6 is 0 Å². The Hall–Kier alpha value is -1.26. The van der Waals surface area contributed by atoms with Gasteiger partial charge >= 0.3 is 12.0 Å². The first-order valence-corrected chi connectivity index (χ1v) is 6.16. The number of carbonyl (C=O) groups excluding carboxylic acids is 1. The number of nitrogens with zero attached hydrogens (tertiary/aromatic N) is 1. The number of hydrogen-bond acceptors (Lipinski definition) is 2. The zero-order valence-electron chi connectivity index (χ0n) is 10.8. The molecule has 0 saturated heterocycles. The largest absolute Gasteiger partial charge is 0.480 e. The first kappa shape index (κ1) is 13.8. The van der Waals surface area contributed by atoms with Crippen LogP contribution in [0.25, 0.3) is 0 Å². The third kappa shape index (κ3) is 4.63. The average molecular weight is 242 g/mol. The topological polar surface area (TPSA) is 69.6 Å². The number of carboxylic acid groups (broad SMARTS) is 1. The molecule has 5 nitrogen and oxygen atoms in total. The maximum absolute atomic E-state index is 11.8. The van der Waals surface area contributed by atoms with Gasteiger partial charge in [0.2, 0.25) is 0 Å². The minimum absolute atomic E-state index is 0.120. The fourth-order valence-corrected chi connectivity index (χ4v) is 1.61. The van der Waals surface area contributed by atoms with Gasteiger partial charge in [0, 0.05) is 13.6 Å². The highest BCUT2D eigenvalue weighted by Crippen LogP contribution is 2.32. The second-order valence-corrected chi connectivity index (χ2v) is 5.21. The SMILES string of the molecule is CC(C)CCN(C)C(=O)NC(C(=O)O)C1CC1. The van der Waals surface area contributed by atoms with Gasteiger partial charge in [0.1, 0.15) is 6.04 Å². The number of nitrogens with one attached hydrogen (secondary N) is 1. The van der Waals surface area contributed by atoms with Gasteiger partial charge in [0.05, 0.1) is 0 Å². The monoisotopic (exact) mass is 242 g/mol. The van der Waals surface area contributed by atoms with Crippen LogP contribution in [0.2, 0.25) is 0 Å². The zero-order valence-corrected chi connectivity index (χ0v) is 10.8. The van der Waals surface area contributed by atoms with E-state index in [1.54, 1.807) is 11.9 Å². The van der Waals surface area contributed by atoms with E-state index in [1.165, 1.54) is 0 Å². The van der Waals surface area contributed by atoms with Crippen LogP contribution in [0, 0.1) is 11.8 Å². The number of amides is 2. The van der Waals surface area contributed by atoms with E-state index in [1.807, 2.05) is 0 Å². The molecule has 0 aromatic rings. The van der Waals surface area contributed by atoms with Crippen LogP contribution in [0.3, 0.4) is 0 Å². The van der Waals surface area contributed by atoms with Crippen molar-refractivity contribution in [3.63, 3.8) is 0 Å². The second-order valence-electron chi connectivity index (χ2n) is 5.21. The van der Waals surface area contributed by atoms with Crippen LogP contribution in [0.15, 0.2) is 0 Å². The highest BCUT2D eigenvalue weighted by atomic mass is 16.4. The molecule has 5 heteroatoms. The average Bonchev–Trinajstić information content (AvgIpc) is 3.05. The standard InChI is InChI=1S/C12H22N2O3/c1-8(2)6-7-14(3)12(17)13-10(11(15)16)9-4-5-9/h8-10H,4-7H2,1-3H3,(H,13,17)(H,15,16). The molecule has 2 amide bonds. The van der Waals surface area contributed by atoms with Crippen LogP contribution in [-0.2, 0) is 4.79 Å². The van der Waals surface area contributed by atoms with E-state index in [2.05, 4.69) is 19.2 Å². The molecule has 0 spiro atoms. The Morgan fingerprint density at radius 2 is 2.00 bits per heavy atom. The van der Waals surface area contributed by atoms with Gasteiger partial charge in [-0.05, 0) is 31.1 Å². The molecule has 1 rings (SSSR count). The smallest absolute Gasteiger partial charge is 0.326 e. The molecule has 0 aliphatic heterocycles. The normalized spacial score (nSPS) is 16.7. The summed E-state index contributed by atoms with van der Waals surface area (Å²) in [4.78, 5) is 24.3. The number of urea groups is 1. The highest BCUT2D eigenvalue weighted by molar-refractivity contribution is 5.83. The van der Waals surface area contributed by atoms with Gasteiger partial charge in [-0.1, -0.05) is 13.8 Å². The maximum atomic E-state index is 11.8. The van der Waals surface area contributed by atoms with Crippen molar-refractivity contribution in [3.8, 4) is 0 Å². The minimum Gasteiger partial charge on any atom is -0.480 e. The first-order valence-electron chi connectivity index (χ1n) is 6.16. The van der Waals surface area contributed by atoms with Crippen molar-refractivity contribution < 1.29 is 14.7 Å². The summed E-state index contributed by atoms with van der Waals surface area (Å²) in [5.74, 6) is -0.281. The maximum Gasteiger partial charge on any atom is 0.326 e. The summed E-state index contributed by atoms with van der Waals surface area (Å²) < 4.78 is 0. The molecule has 17 heavy (non-hydrogen) atoms. The van der Waals surface area contributed by atoms with Gasteiger partial charge in [0.25, 0.3) is 0 Å². The summed E-state index contributed by atoms with van der Waals surface area (Å²) >= 11 is 0. The van der Waals surface area contributed by atoms with Crippen molar-refractivity contribution in [2.75, 3.05) is 13.6 Å². The van der Waals surface area contributed by atoms with Crippen molar-refractivity contribution in [1.29, 1.82) is 0 Å². The molecule has 1 aliphatic rings.